The molecule has 0 bridgehead atoms. The summed E-state index contributed by atoms with van der Waals surface area (Å²) in [6.07, 6.45) is 9.48. The molecule has 2 fully saturated rings. The van der Waals surface area contributed by atoms with Crippen LogP contribution >= 0.6 is 0 Å². The highest BCUT2D eigenvalue weighted by atomic mass is 16.1. The van der Waals surface area contributed by atoms with Crippen molar-refractivity contribution in [2.24, 2.45) is 22.7 Å². The number of hydrogen-bond acceptors (Lipinski definition) is 1. The Kier molecular flexibility index (Phi) is 3.90. The molecule has 1 nitrogen and oxygen atoms in total. The molecule has 0 aromatic rings. The van der Waals surface area contributed by atoms with E-state index in [2.05, 4.69) is 27.7 Å². The van der Waals surface area contributed by atoms with Crippen LogP contribution < -0.4 is 0 Å². The Labute approximate surface area is 113 Å². The first-order valence-electron chi connectivity index (χ1n) is 7.83. The predicted molar refractivity (Wildman–Crippen MR) is 76.5 cm³/mol. The average Bonchev–Trinajstić information content (AvgIpc) is 2.72. The van der Waals surface area contributed by atoms with Gasteiger partial charge in [0.25, 0.3) is 0 Å². The van der Waals surface area contributed by atoms with E-state index >= 15 is 0 Å². The second-order valence-corrected chi connectivity index (χ2v) is 8.10. The fourth-order valence-corrected chi connectivity index (χ4v) is 4.19. The summed E-state index contributed by atoms with van der Waals surface area (Å²) in [5.41, 5.74) is 0.807. The van der Waals surface area contributed by atoms with Gasteiger partial charge in [0.1, 0.15) is 5.78 Å². The number of rotatable bonds is 4. The molecular weight excluding hydrogens is 220 g/mol. The third kappa shape index (κ3) is 2.97. The highest BCUT2D eigenvalue weighted by Crippen LogP contribution is 2.47. The minimum atomic E-state index is 0.404. The monoisotopic (exact) mass is 250 g/mol. The molecule has 2 atom stereocenters. The molecule has 0 aliphatic heterocycles. The second kappa shape index (κ2) is 4.98. The van der Waals surface area contributed by atoms with Crippen LogP contribution in [0.5, 0.6) is 0 Å². The van der Waals surface area contributed by atoms with Crippen LogP contribution in [0.15, 0.2) is 0 Å². The Bertz CT molecular complexity index is 284. The van der Waals surface area contributed by atoms with Gasteiger partial charge < -0.3 is 0 Å². The molecule has 2 rings (SSSR count). The Balaban J connectivity index is 1.86. The zero-order valence-electron chi connectivity index (χ0n) is 12.7. The van der Waals surface area contributed by atoms with E-state index in [1.807, 2.05) is 0 Å². The fourth-order valence-electron chi connectivity index (χ4n) is 4.19. The molecule has 0 aromatic heterocycles. The molecule has 104 valence electrons. The first-order chi connectivity index (χ1) is 8.31. The third-order valence-corrected chi connectivity index (χ3v) is 5.91. The third-order valence-electron chi connectivity index (χ3n) is 5.91. The van der Waals surface area contributed by atoms with Crippen molar-refractivity contribution in [2.45, 2.75) is 79.1 Å². The van der Waals surface area contributed by atoms with Gasteiger partial charge in [0, 0.05) is 12.8 Å². The summed E-state index contributed by atoms with van der Waals surface area (Å²) in [7, 11) is 0. The van der Waals surface area contributed by atoms with Gasteiger partial charge in [0.15, 0.2) is 0 Å². The van der Waals surface area contributed by atoms with Gasteiger partial charge in [-0.1, -0.05) is 40.5 Å². The lowest BCUT2D eigenvalue weighted by Crippen LogP contribution is -2.24. The molecule has 2 aliphatic carbocycles. The zero-order valence-corrected chi connectivity index (χ0v) is 12.7. The summed E-state index contributed by atoms with van der Waals surface area (Å²) in [6, 6.07) is 0. The Morgan fingerprint density at radius 3 is 1.56 bits per heavy atom. The Morgan fingerprint density at radius 1 is 0.889 bits per heavy atom. The van der Waals surface area contributed by atoms with Gasteiger partial charge in [-0.05, 0) is 48.3 Å². The van der Waals surface area contributed by atoms with Gasteiger partial charge in [0.2, 0.25) is 0 Å². The summed E-state index contributed by atoms with van der Waals surface area (Å²) in [5, 5.41) is 0. The van der Waals surface area contributed by atoms with Crippen LogP contribution in [0.25, 0.3) is 0 Å². The van der Waals surface area contributed by atoms with Crippen molar-refractivity contribution in [1.82, 2.24) is 0 Å². The Hall–Kier alpha value is -0.330. The van der Waals surface area contributed by atoms with Crippen LogP contribution in [0, 0.1) is 22.7 Å². The molecule has 18 heavy (non-hydrogen) atoms. The normalized spacial score (nSPS) is 33.8. The lowest BCUT2D eigenvalue weighted by molar-refractivity contribution is -0.122. The van der Waals surface area contributed by atoms with E-state index in [1.54, 1.807) is 0 Å². The summed E-state index contributed by atoms with van der Waals surface area (Å²) in [6.45, 7) is 9.38. The molecule has 0 heterocycles. The Morgan fingerprint density at radius 2 is 1.28 bits per heavy atom. The van der Waals surface area contributed by atoms with Crippen molar-refractivity contribution in [3.63, 3.8) is 0 Å². The first kappa shape index (κ1) is 14.1. The van der Waals surface area contributed by atoms with Crippen molar-refractivity contribution in [1.29, 1.82) is 0 Å². The van der Waals surface area contributed by atoms with Crippen LogP contribution in [0.1, 0.15) is 79.1 Å². The smallest absolute Gasteiger partial charge is 0.133 e. The van der Waals surface area contributed by atoms with E-state index < -0.39 is 0 Å². The number of carbonyl (C=O) groups is 1. The molecule has 1 heteroatoms. The summed E-state index contributed by atoms with van der Waals surface area (Å²) < 4.78 is 0. The van der Waals surface area contributed by atoms with Crippen LogP contribution in [0.3, 0.4) is 0 Å². The molecule has 0 N–H and O–H groups in total. The molecule has 0 aromatic carbocycles. The summed E-state index contributed by atoms with van der Waals surface area (Å²) in [5.74, 6) is 1.83. The van der Waals surface area contributed by atoms with Gasteiger partial charge in [0.05, 0.1) is 0 Å². The molecular formula is C17H30O. The first-order valence-corrected chi connectivity index (χ1v) is 7.83. The van der Waals surface area contributed by atoms with E-state index in [4.69, 9.17) is 0 Å². The highest BCUT2D eigenvalue weighted by Gasteiger charge is 2.38. The van der Waals surface area contributed by atoms with E-state index in [1.165, 1.54) is 38.5 Å². The summed E-state index contributed by atoms with van der Waals surface area (Å²) >= 11 is 0. The minimum Gasteiger partial charge on any atom is -0.300 e. The second-order valence-electron chi connectivity index (χ2n) is 8.10. The maximum Gasteiger partial charge on any atom is 0.133 e. The largest absolute Gasteiger partial charge is 0.300 e. The van der Waals surface area contributed by atoms with Crippen LogP contribution in [-0.4, -0.2) is 5.78 Å². The lowest BCUT2D eigenvalue weighted by Gasteiger charge is -2.29. The van der Waals surface area contributed by atoms with Crippen molar-refractivity contribution >= 4 is 5.78 Å². The van der Waals surface area contributed by atoms with Gasteiger partial charge in [-0.3, -0.25) is 4.79 Å². The molecule has 2 unspecified atom stereocenters. The average molecular weight is 250 g/mol. The SMILES string of the molecule is CC1(C)CCCC1CC(=O)CC1CCCC1(C)C. The molecule has 2 saturated carbocycles. The topological polar surface area (TPSA) is 17.1 Å². The number of Topliss-reactive ketones (excluding diaryl/α,β-unsaturated/α-hetero) is 1. The van der Waals surface area contributed by atoms with E-state index in [0.29, 0.717) is 28.4 Å². The van der Waals surface area contributed by atoms with Crippen LogP contribution in [0.4, 0.5) is 0 Å². The maximum atomic E-state index is 12.3. The van der Waals surface area contributed by atoms with Gasteiger partial charge in [-0.15, -0.1) is 0 Å². The van der Waals surface area contributed by atoms with Gasteiger partial charge in [-0.2, -0.15) is 0 Å². The number of hydrogen-bond donors (Lipinski definition) is 0. The fraction of sp³-hybridized carbons (Fsp3) is 0.941. The molecule has 0 saturated heterocycles. The van der Waals surface area contributed by atoms with Crippen molar-refractivity contribution in [3.05, 3.63) is 0 Å². The molecule has 0 radical (unpaired) electrons. The van der Waals surface area contributed by atoms with E-state index in [-0.39, 0.29) is 0 Å². The van der Waals surface area contributed by atoms with Crippen molar-refractivity contribution in [3.8, 4) is 0 Å². The zero-order chi connectivity index (χ0) is 13.4. The minimum absolute atomic E-state index is 0.404. The van der Waals surface area contributed by atoms with E-state index in [9.17, 15) is 4.79 Å². The van der Waals surface area contributed by atoms with Gasteiger partial charge in [-0.25, -0.2) is 0 Å². The van der Waals surface area contributed by atoms with E-state index in [0.717, 1.165) is 12.8 Å². The van der Waals surface area contributed by atoms with Crippen LogP contribution in [-0.2, 0) is 4.79 Å². The standard InChI is InChI=1S/C17H30O/c1-16(2)9-5-7-13(16)11-15(18)12-14-8-6-10-17(14,3)4/h13-14H,5-12H2,1-4H3. The van der Waals surface area contributed by atoms with Crippen LogP contribution in [0.2, 0.25) is 0 Å². The van der Waals surface area contributed by atoms with Crippen molar-refractivity contribution in [2.75, 3.05) is 0 Å². The molecule has 0 spiro atoms. The molecule has 0 amide bonds. The predicted octanol–water partition coefficient (Wildman–Crippen LogP) is 4.99. The number of ketones is 1. The quantitative estimate of drug-likeness (QED) is 0.687. The van der Waals surface area contributed by atoms with Crippen molar-refractivity contribution < 1.29 is 4.79 Å². The highest BCUT2D eigenvalue weighted by molar-refractivity contribution is 5.79. The molecule has 2 aliphatic rings. The van der Waals surface area contributed by atoms with Gasteiger partial charge >= 0.3 is 0 Å². The lowest BCUT2D eigenvalue weighted by atomic mass is 9.75. The summed E-state index contributed by atoms with van der Waals surface area (Å²) in [4.78, 5) is 12.3. The number of carbonyl (C=O) groups excluding carboxylic acids is 1. The maximum absolute atomic E-state index is 12.3.